The predicted octanol–water partition coefficient (Wildman–Crippen LogP) is 1.86. The number of hydrogen-bond donors (Lipinski definition) is 1. The second-order valence-electron chi connectivity index (χ2n) is 7.54. The van der Waals surface area contributed by atoms with Crippen molar-refractivity contribution in [2.24, 2.45) is 0 Å². The Labute approximate surface area is 196 Å². The molecule has 33 heavy (non-hydrogen) atoms. The molecule has 0 spiro atoms. The van der Waals surface area contributed by atoms with Gasteiger partial charge in [0.25, 0.3) is 0 Å². The zero-order valence-corrected chi connectivity index (χ0v) is 20.5. The molecule has 0 aliphatic rings. The zero-order chi connectivity index (χ0) is 24.6. The standard InChI is InChI=1S/C23H32N4O5S/c1-6-21(23(29)24-2)26(16-18-12-14-20(32-5)15-13-18)22(28)17-27(33(30,31)25(3)4)19-10-8-7-9-11-19/h7-15,21H,6,16-17H2,1-5H3,(H,24,29)/t21-/m0/s1. The number of nitrogens with zero attached hydrogens (tertiary/aromatic N) is 3. The highest BCUT2D eigenvalue weighted by Gasteiger charge is 2.33. The van der Waals surface area contributed by atoms with E-state index < -0.39 is 28.7 Å². The Kier molecular flexibility index (Phi) is 9.24. The fourth-order valence-corrected chi connectivity index (χ4v) is 4.38. The first kappa shape index (κ1) is 26.1. The van der Waals surface area contributed by atoms with E-state index in [2.05, 4.69) is 5.32 Å². The minimum atomic E-state index is -3.96. The largest absolute Gasteiger partial charge is 0.497 e. The first-order valence-electron chi connectivity index (χ1n) is 10.5. The number of anilines is 1. The summed E-state index contributed by atoms with van der Waals surface area (Å²) in [5, 5.41) is 2.60. The summed E-state index contributed by atoms with van der Waals surface area (Å²) in [6.07, 6.45) is 0.368. The number of carbonyl (C=O) groups excluding carboxylic acids is 2. The quantitative estimate of drug-likeness (QED) is 0.534. The summed E-state index contributed by atoms with van der Waals surface area (Å²) in [7, 11) is 1.93. The first-order chi connectivity index (χ1) is 15.6. The molecule has 0 radical (unpaired) electrons. The normalized spacial score (nSPS) is 12.2. The molecule has 10 heteroatoms. The van der Waals surface area contributed by atoms with Gasteiger partial charge in [-0.2, -0.15) is 12.7 Å². The van der Waals surface area contributed by atoms with Crippen molar-refractivity contribution < 1.29 is 22.7 Å². The molecule has 1 N–H and O–H groups in total. The van der Waals surface area contributed by atoms with Crippen LogP contribution < -0.4 is 14.4 Å². The van der Waals surface area contributed by atoms with E-state index in [-0.39, 0.29) is 12.5 Å². The van der Waals surface area contributed by atoms with E-state index in [0.29, 0.717) is 17.9 Å². The van der Waals surface area contributed by atoms with Crippen molar-refractivity contribution >= 4 is 27.7 Å². The van der Waals surface area contributed by atoms with Crippen LogP contribution in [0.1, 0.15) is 18.9 Å². The maximum absolute atomic E-state index is 13.5. The molecule has 9 nitrogen and oxygen atoms in total. The van der Waals surface area contributed by atoms with Gasteiger partial charge in [0, 0.05) is 27.7 Å². The summed E-state index contributed by atoms with van der Waals surface area (Å²) < 4.78 is 33.4. The molecule has 0 heterocycles. The van der Waals surface area contributed by atoms with Crippen LogP contribution in [0, 0.1) is 0 Å². The average molecular weight is 477 g/mol. The number of benzene rings is 2. The number of ether oxygens (including phenoxy) is 1. The predicted molar refractivity (Wildman–Crippen MR) is 128 cm³/mol. The van der Waals surface area contributed by atoms with Crippen molar-refractivity contribution in [3.63, 3.8) is 0 Å². The number of para-hydroxylation sites is 1. The van der Waals surface area contributed by atoms with Crippen LogP contribution in [0.4, 0.5) is 5.69 Å². The minimum Gasteiger partial charge on any atom is -0.497 e. The van der Waals surface area contributed by atoms with Crippen molar-refractivity contribution in [1.29, 1.82) is 0 Å². The van der Waals surface area contributed by atoms with Crippen molar-refractivity contribution in [3.8, 4) is 5.75 Å². The number of rotatable bonds is 11. The van der Waals surface area contributed by atoms with Crippen molar-refractivity contribution in [2.75, 3.05) is 39.1 Å². The Morgan fingerprint density at radius 3 is 2.12 bits per heavy atom. The van der Waals surface area contributed by atoms with Gasteiger partial charge >= 0.3 is 10.2 Å². The molecule has 2 amide bonds. The van der Waals surface area contributed by atoms with Gasteiger partial charge in [-0.25, -0.2) is 4.31 Å². The van der Waals surface area contributed by atoms with E-state index in [9.17, 15) is 18.0 Å². The summed E-state index contributed by atoms with van der Waals surface area (Å²) in [5.41, 5.74) is 1.14. The maximum atomic E-state index is 13.5. The summed E-state index contributed by atoms with van der Waals surface area (Å²) >= 11 is 0. The van der Waals surface area contributed by atoms with E-state index in [1.165, 1.54) is 26.0 Å². The van der Waals surface area contributed by atoms with Gasteiger partial charge in [-0.05, 0) is 36.2 Å². The van der Waals surface area contributed by atoms with Gasteiger partial charge in [-0.15, -0.1) is 0 Å². The fourth-order valence-electron chi connectivity index (χ4n) is 3.32. The molecule has 0 aliphatic heterocycles. The highest BCUT2D eigenvalue weighted by atomic mass is 32.2. The van der Waals surface area contributed by atoms with E-state index in [0.717, 1.165) is 14.2 Å². The van der Waals surface area contributed by atoms with E-state index in [1.54, 1.807) is 68.6 Å². The number of amides is 2. The molecule has 2 rings (SSSR count). The molecule has 0 saturated carbocycles. The molecular weight excluding hydrogens is 444 g/mol. The summed E-state index contributed by atoms with van der Waals surface area (Å²) in [6, 6.07) is 14.8. The number of nitrogens with one attached hydrogen (secondary N) is 1. The van der Waals surface area contributed by atoms with Gasteiger partial charge in [-0.1, -0.05) is 37.3 Å². The van der Waals surface area contributed by atoms with Crippen LogP contribution in [0.3, 0.4) is 0 Å². The van der Waals surface area contributed by atoms with Crippen LogP contribution in [0.15, 0.2) is 54.6 Å². The van der Waals surface area contributed by atoms with Gasteiger partial charge in [0.15, 0.2) is 0 Å². The molecule has 0 unspecified atom stereocenters. The molecule has 2 aromatic rings. The first-order valence-corrected chi connectivity index (χ1v) is 11.9. The Balaban J connectivity index is 2.44. The lowest BCUT2D eigenvalue weighted by Gasteiger charge is -2.33. The SMILES string of the molecule is CC[C@@H](C(=O)NC)N(Cc1ccc(OC)cc1)C(=O)CN(c1ccccc1)S(=O)(=O)N(C)C. The lowest BCUT2D eigenvalue weighted by molar-refractivity contribution is -0.140. The number of hydrogen-bond acceptors (Lipinski definition) is 5. The van der Waals surface area contributed by atoms with E-state index in [1.807, 2.05) is 0 Å². The Morgan fingerprint density at radius 1 is 1.03 bits per heavy atom. The molecular formula is C23H32N4O5S. The highest BCUT2D eigenvalue weighted by Crippen LogP contribution is 2.21. The van der Waals surface area contributed by atoms with Crippen LogP contribution in [0.2, 0.25) is 0 Å². The molecule has 0 bridgehead atoms. The van der Waals surface area contributed by atoms with Crippen molar-refractivity contribution in [1.82, 2.24) is 14.5 Å². The van der Waals surface area contributed by atoms with Crippen LogP contribution >= 0.6 is 0 Å². The lowest BCUT2D eigenvalue weighted by Crippen LogP contribution is -2.52. The number of likely N-dealkylation sites (N-methyl/N-ethyl adjacent to an activating group) is 1. The van der Waals surface area contributed by atoms with Gasteiger partial charge in [0.1, 0.15) is 18.3 Å². The fraction of sp³-hybridized carbons (Fsp3) is 0.391. The van der Waals surface area contributed by atoms with Crippen molar-refractivity contribution in [2.45, 2.75) is 25.9 Å². The Morgan fingerprint density at radius 2 is 1.64 bits per heavy atom. The molecule has 2 aromatic carbocycles. The van der Waals surface area contributed by atoms with Crippen molar-refractivity contribution in [3.05, 3.63) is 60.2 Å². The average Bonchev–Trinajstić information content (AvgIpc) is 2.82. The van der Waals surface area contributed by atoms with Crippen LogP contribution in [-0.4, -0.2) is 70.3 Å². The molecule has 0 aromatic heterocycles. The summed E-state index contributed by atoms with van der Waals surface area (Å²) in [4.78, 5) is 27.5. The van der Waals surface area contributed by atoms with Gasteiger partial charge in [0.2, 0.25) is 11.8 Å². The van der Waals surface area contributed by atoms with E-state index in [4.69, 9.17) is 4.74 Å². The second-order valence-corrected chi connectivity index (χ2v) is 9.61. The van der Waals surface area contributed by atoms with Crippen LogP contribution in [-0.2, 0) is 26.3 Å². The van der Waals surface area contributed by atoms with Crippen LogP contribution in [0.25, 0.3) is 0 Å². The monoisotopic (exact) mass is 476 g/mol. The smallest absolute Gasteiger partial charge is 0.304 e. The van der Waals surface area contributed by atoms with Gasteiger partial charge in [-0.3, -0.25) is 9.59 Å². The molecule has 0 fully saturated rings. The van der Waals surface area contributed by atoms with Gasteiger partial charge in [0.05, 0.1) is 12.8 Å². The third-order valence-corrected chi connectivity index (χ3v) is 7.03. The van der Waals surface area contributed by atoms with Crippen LogP contribution in [0.5, 0.6) is 5.75 Å². The third-order valence-electron chi connectivity index (χ3n) is 5.21. The Hall–Kier alpha value is -3.11. The second kappa shape index (κ2) is 11.7. The molecule has 1 atom stereocenters. The molecule has 0 saturated heterocycles. The number of carbonyl (C=O) groups is 2. The summed E-state index contributed by atoms with van der Waals surface area (Å²) in [6.45, 7) is 1.49. The summed E-state index contributed by atoms with van der Waals surface area (Å²) in [5.74, 6) is -0.140. The Bertz CT molecular complexity index is 1030. The molecule has 0 aliphatic carbocycles. The molecule has 180 valence electrons. The highest BCUT2D eigenvalue weighted by molar-refractivity contribution is 7.90. The third kappa shape index (κ3) is 6.45. The topological polar surface area (TPSA) is 99.3 Å². The lowest BCUT2D eigenvalue weighted by atomic mass is 10.1. The van der Waals surface area contributed by atoms with Gasteiger partial charge < -0.3 is 15.0 Å². The zero-order valence-electron chi connectivity index (χ0n) is 19.7. The number of methoxy groups -OCH3 is 1. The maximum Gasteiger partial charge on any atom is 0.304 e. The van der Waals surface area contributed by atoms with E-state index >= 15 is 0 Å². The minimum absolute atomic E-state index is 0.138.